The van der Waals surface area contributed by atoms with Crippen molar-refractivity contribution >= 4 is 13.8 Å². The summed E-state index contributed by atoms with van der Waals surface area (Å²) in [6.45, 7) is 2.17. The van der Waals surface area contributed by atoms with E-state index in [0.29, 0.717) is 19.3 Å². The molecule has 0 amide bonds. The summed E-state index contributed by atoms with van der Waals surface area (Å²) in [7, 11) is -4.38. The number of carboxylic acids is 1. The van der Waals surface area contributed by atoms with Crippen molar-refractivity contribution in [2.75, 3.05) is 0 Å². The van der Waals surface area contributed by atoms with Crippen molar-refractivity contribution in [1.29, 1.82) is 0 Å². The first-order valence-corrected chi connectivity index (χ1v) is 11.5. The van der Waals surface area contributed by atoms with E-state index in [1.807, 2.05) is 0 Å². The predicted molar refractivity (Wildman–Crippen MR) is 101 cm³/mol. The highest BCUT2D eigenvalue weighted by molar-refractivity contribution is 7.47. The molecule has 0 aromatic rings. The van der Waals surface area contributed by atoms with E-state index in [-0.39, 0.29) is 6.42 Å². The highest BCUT2D eigenvalue weighted by Gasteiger charge is 2.26. The number of unbranched alkanes of at least 4 members (excludes halogenated alkanes) is 10. The van der Waals surface area contributed by atoms with Gasteiger partial charge in [0.15, 0.2) is 0 Å². The molecule has 0 saturated carbocycles. The summed E-state index contributed by atoms with van der Waals surface area (Å²) in [5, 5.41) is 17.0. The number of phosphoric acid groups is 1. The lowest BCUT2D eigenvalue weighted by Crippen LogP contribution is -2.12. The zero-order valence-electron chi connectivity index (χ0n) is 16.1. The molecule has 2 atom stereocenters. The van der Waals surface area contributed by atoms with E-state index in [1.165, 1.54) is 19.3 Å². The van der Waals surface area contributed by atoms with Crippen LogP contribution in [-0.4, -0.2) is 27.3 Å². The van der Waals surface area contributed by atoms with Crippen molar-refractivity contribution in [2.24, 2.45) is 0 Å². The van der Waals surface area contributed by atoms with Gasteiger partial charge in [-0.05, 0) is 19.3 Å². The molecule has 8 heteroatoms. The lowest BCUT2D eigenvalue weighted by molar-refractivity contribution is -0.166. The van der Waals surface area contributed by atoms with Crippen LogP contribution in [0.4, 0.5) is 0 Å². The molecule has 0 aliphatic heterocycles. The maximum absolute atomic E-state index is 11.4. The van der Waals surface area contributed by atoms with Crippen molar-refractivity contribution in [3.63, 3.8) is 0 Å². The fraction of sp³-hybridized carbons (Fsp3) is 0.944. The molecule has 2 unspecified atom stereocenters. The molecule has 0 bridgehead atoms. The lowest BCUT2D eigenvalue weighted by atomic mass is 10.0. The van der Waals surface area contributed by atoms with Gasteiger partial charge in [0.1, 0.15) is 0 Å². The van der Waals surface area contributed by atoms with Gasteiger partial charge in [-0.3, -0.25) is 9.32 Å². The van der Waals surface area contributed by atoms with Gasteiger partial charge in [-0.25, -0.2) is 9.82 Å². The Balaban J connectivity index is 3.93. The van der Waals surface area contributed by atoms with Crippen molar-refractivity contribution in [1.82, 2.24) is 0 Å². The Kier molecular flexibility index (Phi) is 16.4. The number of hydrogen-bond donors (Lipinski definition) is 3. The van der Waals surface area contributed by atoms with Gasteiger partial charge in [-0.15, -0.1) is 4.67 Å². The van der Waals surface area contributed by atoms with E-state index in [1.54, 1.807) is 0 Å². The van der Waals surface area contributed by atoms with Crippen LogP contribution >= 0.6 is 7.82 Å². The summed E-state index contributed by atoms with van der Waals surface area (Å²) in [4.78, 5) is 19.7. The summed E-state index contributed by atoms with van der Waals surface area (Å²) in [5.74, 6) is -0.751. The van der Waals surface area contributed by atoms with Gasteiger partial charge < -0.3 is 10.00 Å². The summed E-state index contributed by atoms with van der Waals surface area (Å²) in [6, 6.07) is 0. The number of rotatable bonds is 19. The first-order valence-electron chi connectivity index (χ1n) is 9.97. The van der Waals surface area contributed by atoms with Crippen molar-refractivity contribution in [3.8, 4) is 0 Å². The van der Waals surface area contributed by atoms with Crippen molar-refractivity contribution < 1.29 is 33.8 Å². The average molecular weight is 396 g/mol. The Morgan fingerprint density at radius 3 is 1.81 bits per heavy atom. The third-order valence-electron chi connectivity index (χ3n) is 4.43. The summed E-state index contributed by atoms with van der Waals surface area (Å²) in [5.41, 5.74) is 0. The van der Waals surface area contributed by atoms with Crippen LogP contribution in [-0.2, 0) is 18.6 Å². The molecule has 0 aliphatic carbocycles. The Morgan fingerprint density at radius 2 is 1.35 bits per heavy atom. The second-order valence-corrected chi connectivity index (χ2v) is 8.20. The molecule has 0 spiro atoms. The predicted octanol–water partition coefficient (Wildman–Crippen LogP) is 5.92. The van der Waals surface area contributed by atoms with Crippen molar-refractivity contribution in [3.05, 3.63) is 0 Å². The molecule has 0 aromatic carbocycles. The second-order valence-electron chi connectivity index (χ2n) is 6.89. The maximum Gasteiger partial charge on any atom is 0.499 e. The zero-order chi connectivity index (χ0) is 19.7. The fourth-order valence-electron chi connectivity index (χ4n) is 2.97. The standard InChI is InChI=1S/C18H37O7P/c1-2-3-4-5-8-11-14-17(24-26(22,23)25-21)15-12-9-6-7-10-13-16-18(19)20/h17,21H,2-16H2,1H3,(H,19,20)(H,22,23). The molecular formula is C18H37O7P. The van der Waals surface area contributed by atoms with Gasteiger partial charge in [0.05, 0.1) is 6.10 Å². The molecule has 0 radical (unpaired) electrons. The van der Waals surface area contributed by atoms with E-state index >= 15 is 0 Å². The third kappa shape index (κ3) is 17.0. The molecule has 0 aliphatic rings. The molecule has 3 N–H and O–H groups in total. The number of carbonyl (C=O) groups is 1. The van der Waals surface area contributed by atoms with E-state index < -0.39 is 19.9 Å². The van der Waals surface area contributed by atoms with Crippen LogP contribution in [0.2, 0.25) is 0 Å². The van der Waals surface area contributed by atoms with Crippen LogP contribution in [0, 0.1) is 0 Å². The third-order valence-corrected chi connectivity index (χ3v) is 5.20. The Labute approximate surface area is 157 Å². The topological polar surface area (TPSA) is 113 Å². The highest BCUT2D eigenvalue weighted by atomic mass is 31.2. The van der Waals surface area contributed by atoms with Gasteiger partial charge >= 0.3 is 13.8 Å². The number of carboxylic acid groups (broad SMARTS) is 1. The fourth-order valence-corrected chi connectivity index (χ4v) is 3.59. The summed E-state index contributed by atoms with van der Waals surface area (Å²) >= 11 is 0. The molecule has 0 rings (SSSR count). The summed E-state index contributed by atoms with van der Waals surface area (Å²) < 4.78 is 20.1. The van der Waals surface area contributed by atoms with Gasteiger partial charge in [0.25, 0.3) is 0 Å². The Hall–Kier alpha value is -0.460. The molecule has 156 valence electrons. The number of hydrogen-bond acceptors (Lipinski definition) is 5. The highest BCUT2D eigenvalue weighted by Crippen LogP contribution is 2.44. The Bertz CT molecular complexity index is 390. The van der Waals surface area contributed by atoms with Crippen LogP contribution in [0.25, 0.3) is 0 Å². The van der Waals surface area contributed by atoms with Crippen LogP contribution in [0.15, 0.2) is 0 Å². The average Bonchev–Trinajstić information content (AvgIpc) is 2.59. The van der Waals surface area contributed by atoms with Crippen LogP contribution in [0.5, 0.6) is 0 Å². The van der Waals surface area contributed by atoms with E-state index in [0.717, 1.165) is 51.4 Å². The first kappa shape index (κ1) is 25.5. The second kappa shape index (κ2) is 16.7. The monoisotopic (exact) mass is 396 g/mol. The minimum Gasteiger partial charge on any atom is -0.481 e. The number of phosphoric ester groups is 1. The number of aliphatic carboxylic acids is 1. The van der Waals surface area contributed by atoms with E-state index in [2.05, 4.69) is 11.6 Å². The molecular weight excluding hydrogens is 359 g/mol. The smallest absolute Gasteiger partial charge is 0.481 e. The molecule has 0 aromatic heterocycles. The van der Waals surface area contributed by atoms with Crippen LogP contribution in [0.1, 0.15) is 103 Å². The van der Waals surface area contributed by atoms with Crippen LogP contribution in [0.3, 0.4) is 0 Å². The molecule has 0 fully saturated rings. The van der Waals surface area contributed by atoms with Gasteiger partial charge in [-0.2, -0.15) is 0 Å². The van der Waals surface area contributed by atoms with Crippen molar-refractivity contribution in [2.45, 2.75) is 109 Å². The minimum absolute atomic E-state index is 0.223. The largest absolute Gasteiger partial charge is 0.499 e. The lowest BCUT2D eigenvalue weighted by Gasteiger charge is -2.19. The van der Waals surface area contributed by atoms with Crippen LogP contribution < -0.4 is 0 Å². The first-order chi connectivity index (χ1) is 12.4. The molecule has 0 heterocycles. The van der Waals surface area contributed by atoms with E-state index in [9.17, 15) is 14.3 Å². The molecule has 7 nitrogen and oxygen atoms in total. The summed E-state index contributed by atoms with van der Waals surface area (Å²) in [6.07, 6.45) is 13.4. The van der Waals surface area contributed by atoms with Gasteiger partial charge in [0, 0.05) is 6.42 Å². The van der Waals surface area contributed by atoms with E-state index in [4.69, 9.17) is 14.9 Å². The maximum atomic E-state index is 11.4. The van der Waals surface area contributed by atoms with Gasteiger partial charge in [-0.1, -0.05) is 77.6 Å². The zero-order valence-corrected chi connectivity index (χ0v) is 17.0. The minimum atomic E-state index is -4.38. The normalized spacial score (nSPS) is 14.9. The SMILES string of the molecule is CCCCCCCCC(CCCCCCCCC(=O)O)OP(=O)(O)OO. The molecule has 26 heavy (non-hydrogen) atoms. The molecule has 0 saturated heterocycles. The quantitative estimate of drug-likeness (QED) is 0.107. The van der Waals surface area contributed by atoms with Gasteiger partial charge in [0.2, 0.25) is 0 Å². The Morgan fingerprint density at radius 1 is 0.885 bits per heavy atom.